The normalized spacial score (nSPS) is 10.8. The fraction of sp³-hybridized carbons (Fsp3) is 0.300. The molecule has 15 heavy (non-hydrogen) atoms. The Morgan fingerprint density at radius 3 is 2.93 bits per heavy atom. The summed E-state index contributed by atoms with van der Waals surface area (Å²) < 4.78 is 0. The molecule has 1 rings (SSSR count). The Bertz CT molecular complexity index is 391. The van der Waals surface area contributed by atoms with Crippen molar-refractivity contribution in [1.82, 2.24) is 4.98 Å². The molecule has 0 aromatic carbocycles. The highest BCUT2D eigenvalue weighted by molar-refractivity contribution is 7.80. The lowest BCUT2D eigenvalue weighted by Gasteiger charge is -1.97. The molecule has 0 atom stereocenters. The number of thiol groups is 1. The minimum atomic E-state index is -0.427. The monoisotopic (exact) mass is 224 g/mol. The average Bonchev–Trinajstić information content (AvgIpc) is 2.17. The van der Waals surface area contributed by atoms with Crippen LogP contribution in [0, 0.1) is 17.0 Å². The molecule has 0 unspecified atom stereocenters. The first kappa shape index (κ1) is 11.7. The molecule has 0 saturated heterocycles. The average molecular weight is 224 g/mol. The van der Waals surface area contributed by atoms with Gasteiger partial charge in [0.15, 0.2) is 0 Å². The molecular formula is C10H12N2O2S. The van der Waals surface area contributed by atoms with Crippen molar-refractivity contribution in [2.24, 2.45) is 0 Å². The second-order valence-electron chi connectivity index (χ2n) is 3.07. The van der Waals surface area contributed by atoms with Crippen LogP contribution >= 0.6 is 12.6 Å². The number of aromatic nitrogens is 1. The molecule has 80 valence electrons. The summed E-state index contributed by atoms with van der Waals surface area (Å²) in [5, 5.41) is 10.5. The summed E-state index contributed by atoms with van der Waals surface area (Å²) in [5.74, 6) is 0.780. The lowest BCUT2D eigenvalue weighted by molar-refractivity contribution is -0.385. The van der Waals surface area contributed by atoms with E-state index >= 15 is 0 Å². The number of hydrogen-bond donors (Lipinski definition) is 1. The fourth-order valence-electron chi connectivity index (χ4n) is 1.13. The van der Waals surface area contributed by atoms with E-state index in [0.717, 1.165) is 17.9 Å². The summed E-state index contributed by atoms with van der Waals surface area (Å²) in [5.41, 5.74) is 1.42. The summed E-state index contributed by atoms with van der Waals surface area (Å²) in [6.45, 7) is 1.70. The van der Waals surface area contributed by atoms with Crippen LogP contribution in [0.25, 0.3) is 6.08 Å². The molecule has 1 heterocycles. The van der Waals surface area contributed by atoms with Crippen molar-refractivity contribution >= 4 is 24.4 Å². The number of pyridine rings is 1. The van der Waals surface area contributed by atoms with Crippen molar-refractivity contribution in [3.8, 4) is 0 Å². The van der Waals surface area contributed by atoms with Gasteiger partial charge in [-0.05, 0) is 31.2 Å². The van der Waals surface area contributed by atoms with E-state index in [1.54, 1.807) is 13.0 Å². The standard InChI is InChI=1S/C10H12N2O2S/c1-8-6-9(4-2-3-5-15)11-7-10(8)12(13)14/h2,4,6-7,15H,3,5H2,1H3. The van der Waals surface area contributed by atoms with Gasteiger partial charge in [-0.1, -0.05) is 6.08 Å². The van der Waals surface area contributed by atoms with Gasteiger partial charge in [-0.25, -0.2) is 4.98 Å². The van der Waals surface area contributed by atoms with Crippen molar-refractivity contribution in [2.45, 2.75) is 13.3 Å². The summed E-state index contributed by atoms with van der Waals surface area (Å²) in [6.07, 6.45) is 5.93. The first-order valence-electron chi connectivity index (χ1n) is 4.53. The number of allylic oxidation sites excluding steroid dienone is 1. The molecule has 1 aromatic rings. The highest BCUT2D eigenvalue weighted by Gasteiger charge is 2.09. The van der Waals surface area contributed by atoms with Gasteiger partial charge in [-0.2, -0.15) is 12.6 Å². The molecule has 0 fully saturated rings. The number of nitrogens with zero attached hydrogens (tertiary/aromatic N) is 2. The largest absolute Gasteiger partial charge is 0.290 e. The predicted octanol–water partition coefficient (Wildman–Crippen LogP) is 2.63. The minimum Gasteiger partial charge on any atom is -0.258 e. The minimum absolute atomic E-state index is 0.0568. The van der Waals surface area contributed by atoms with Gasteiger partial charge in [0.05, 0.1) is 10.6 Å². The van der Waals surface area contributed by atoms with Gasteiger partial charge in [0, 0.05) is 5.56 Å². The zero-order valence-electron chi connectivity index (χ0n) is 8.38. The Hall–Kier alpha value is -1.36. The summed E-state index contributed by atoms with van der Waals surface area (Å²) in [6, 6.07) is 1.70. The summed E-state index contributed by atoms with van der Waals surface area (Å²) in [4.78, 5) is 14.1. The number of rotatable bonds is 4. The van der Waals surface area contributed by atoms with Gasteiger partial charge >= 0.3 is 0 Å². The predicted molar refractivity (Wildman–Crippen MR) is 63.1 cm³/mol. The molecule has 5 heteroatoms. The number of aryl methyl sites for hydroxylation is 1. The van der Waals surface area contributed by atoms with Crippen LogP contribution in [0.1, 0.15) is 17.7 Å². The van der Waals surface area contributed by atoms with Crippen molar-refractivity contribution in [1.29, 1.82) is 0 Å². The maximum Gasteiger partial charge on any atom is 0.290 e. The lowest BCUT2D eigenvalue weighted by atomic mass is 10.2. The van der Waals surface area contributed by atoms with Gasteiger partial charge in [-0.15, -0.1) is 0 Å². The van der Waals surface area contributed by atoms with E-state index in [0.29, 0.717) is 5.56 Å². The molecule has 0 aliphatic heterocycles. The molecule has 1 aromatic heterocycles. The topological polar surface area (TPSA) is 56.0 Å². The van der Waals surface area contributed by atoms with E-state index < -0.39 is 4.92 Å². The van der Waals surface area contributed by atoms with Crippen LogP contribution in [-0.2, 0) is 0 Å². The highest BCUT2D eigenvalue weighted by Crippen LogP contribution is 2.17. The van der Waals surface area contributed by atoms with Crippen molar-refractivity contribution in [2.75, 3.05) is 5.75 Å². The van der Waals surface area contributed by atoms with E-state index in [1.807, 2.05) is 12.2 Å². The van der Waals surface area contributed by atoms with Crippen molar-refractivity contribution in [3.05, 3.63) is 39.7 Å². The van der Waals surface area contributed by atoms with E-state index in [4.69, 9.17) is 0 Å². The van der Waals surface area contributed by atoms with E-state index in [-0.39, 0.29) is 5.69 Å². The quantitative estimate of drug-likeness (QED) is 0.486. The number of hydrogen-bond acceptors (Lipinski definition) is 4. The van der Waals surface area contributed by atoms with Gasteiger partial charge in [0.2, 0.25) is 0 Å². The Morgan fingerprint density at radius 2 is 2.40 bits per heavy atom. The Morgan fingerprint density at radius 1 is 1.67 bits per heavy atom. The second kappa shape index (κ2) is 5.50. The van der Waals surface area contributed by atoms with Crippen molar-refractivity contribution < 1.29 is 4.92 Å². The zero-order valence-corrected chi connectivity index (χ0v) is 9.28. The van der Waals surface area contributed by atoms with Crippen LogP contribution in [-0.4, -0.2) is 15.7 Å². The first-order chi connectivity index (χ1) is 7.15. The third kappa shape index (κ3) is 3.36. The second-order valence-corrected chi connectivity index (χ2v) is 3.51. The lowest BCUT2D eigenvalue weighted by Crippen LogP contribution is -1.93. The van der Waals surface area contributed by atoms with E-state index in [9.17, 15) is 10.1 Å². The van der Waals surface area contributed by atoms with E-state index in [1.165, 1.54) is 6.20 Å². The maximum atomic E-state index is 10.5. The molecule has 0 bridgehead atoms. The molecule has 0 aliphatic rings. The van der Waals surface area contributed by atoms with Gasteiger partial charge < -0.3 is 0 Å². The molecular weight excluding hydrogens is 212 g/mol. The molecule has 0 spiro atoms. The van der Waals surface area contributed by atoms with Gasteiger partial charge in [-0.3, -0.25) is 10.1 Å². The van der Waals surface area contributed by atoms with Gasteiger partial charge in [0.25, 0.3) is 5.69 Å². The van der Waals surface area contributed by atoms with Crippen LogP contribution in [0.4, 0.5) is 5.69 Å². The summed E-state index contributed by atoms with van der Waals surface area (Å²) >= 11 is 4.07. The molecule has 0 saturated carbocycles. The molecule has 4 nitrogen and oxygen atoms in total. The van der Waals surface area contributed by atoms with Crippen LogP contribution < -0.4 is 0 Å². The smallest absolute Gasteiger partial charge is 0.258 e. The molecule has 0 amide bonds. The third-order valence-corrected chi connectivity index (χ3v) is 2.14. The Labute approximate surface area is 93.6 Å². The maximum absolute atomic E-state index is 10.5. The van der Waals surface area contributed by atoms with Crippen LogP contribution in [0.2, 0.25) is 0 Å². The highest BCUT2D eigenvalue weighted by atomic mass is 32.1. The SMILES string of the molecule is Cc1cc(C=CCCS)ncc1[N+](=O)[O-]. The molecule has 0 aliphatic carbocycles. The molecule has 0 radical (unpaired) electrons. The molecule has 0 N–H and O–H groups in total. The number of nitro groups is 1. The Kier molecular flexibility index (Phi) is 4.30. The fourth-order valence-corrected chi connectivity index (χ4v) is 1.28. The van der Waals surface area contributed by atoms with Crippen LogP contribution in [0.5, 0.6) is 0 Å². The zero-order chi connectivity index (χ0) is 11.3. The van der Waals surface area contributed by atoms with Gasteiger partial charge in [0.1, 0.15) is 6.20 Å². The Balaban J connectivity index is 2.87. The third-order valence-electron chi connectivity index (χ3n) is 1.89. The van der Waals surface area contributed by atoms with Crippen LogP contribution in [0.3, 0.4) is 0 Å². The summed E-state index contributed by atoms with van der Waals surface area (Å²) in [7, 11) is 0. The van der Waals surface area contributed by atoms with E-state index in [2.05, 4.69) is 17.6 Å². The first-order valence-corrected chi connectivity index (χ1v) is 5.17. The van der Waals surface area contributed by atoms with Crippen molar-refractivity contribution in [3.63, 3.8) is 0 Å². The van der Waals surface area contributed by atoms with Crippen LogP contribution in [0.15, 0.2) is 18.3 Å².